The fraction of sp³-hybridized carbons (Fsp3) is 0.480. The quantitative estimate of drug-likeness (QED) is 0.0392. The number of aliphatic hydroxyl groups excluding tert-OH is 1. The number of pyridine rings is 1. The van der Waals surface area contributed by atoms with Gasteiger partial charge in [0, 0.05) is 60.8 Å². The Hall–Kier alpha value is -7.18. The molecule has 418 valence electrons. The third-order valence-corrected chi connectivity index (χ3v) is 13.3. The zero-order valence-corrected chi connectivity index (χ0v) is 42.2. The second-order valence-electron chi connectivity index (χ2n) is 19.4. The van der Waals surface area contributed by atoms with Gasteiger partial charge in [-0.15, -0.1) is 0 Å². The molecule has 0 saturated carbocycles. The minimum absolute atomic E-state index is 0.146. The van der Waals surface area contributed by atoms with Crippen LogP contribution in [0, 0.1) is 34.3 Å². The molecule has 0 aliphatic carbocycles. The first-order valence-corrected chi connectivity index (χ1v) is 23.7. The molecule has 5 N–H and O–H groups in total. The molecule has 17 nitrogen and oxygen atoms in total. The van der Waals surface area contributed by atoms with Crippen molar-refractivity contribution in [2.45, 2.75) is 109 Å². The number of morpholine rings is 1. The lowest BCUT2D eigenvalue weighted by molar-refractivity contribution is -0.221. The molecule has 2 unspecified atom stereocenters. The van der Waals surface area contributed by atoms with Gasteiger partial charge in [0.25, 0.3) is 5.91 Å². The van der Waals surface area contributed by atoms with E-state index in [1.165, 1.54) is 24.3 Å². The molecule has 6 rings (SSSR count). The van der Waals surface area contributed by atoms with E-state index in [-0.39, 0.29) is 33.6 Å². The van der Waals surface area contributed by atoms with Gasteiger partial charge in [-0.2, -0.15) is 40.2 Å². The van der Waals surface area contributed by atoms with E-state index in [2.05, 4.69) is 41.6 Å². The normalized spacial score (nSPS) is 17.4. The fourth-order valence-corrected chi connectivity index (χ4v) is 8.38. The van der Waals surface area contributed by atoms with Crippen LogP contribution in [0.1, 0.15) is 69.3 Å². The average Bonchev–Trinajstić information content (AvgIpc) is 4.00. The summed E-state index contributed by atoms with van der Waals surface area (Å²) in [4.78, 5) is 59.4. The SMILES string of the molecule is COC(=O)N[C@H](C(=O)N[C@@H](Cc1ccc(C#Cc2ccc(N3CC4CCC(C3)O4)nc2)cc1)[C@@H](O)CN(Cc1c(F)cc(-c2cnn(C(F)F)c2)cc1F)NC(=O)[C@@H](NC(=O)OC)C(C)(C)C(F)(F)F)C(C)(C)C(F)(F)F. The maximum atomic E-state index is 16.0. The highest BCUT2D eigenvalue weighted by Gasteiger charge is 2.57. The van der Waals surface area contributed by atoms with Crippen molar-refractivity contribution in [3.05, 3.63) is 101 Å². The number of alkyl halides is 8. The summed E-state index contributed by atoms with van der Waals surface area (Å²) >= 11 is 0. The molecule has 0 radical (unpaired) electrons. The number of hydrogen-bond donors (Lipinski definition) is 5. The first kappa shape index (κ1) is 59.1. The summed E-state index contributed by atoms with van der Waals surface area (Å²) < 4.78 is 161. The van der Waals surface area contributed by atoms with E-state index >= 15 is 8.78 Å². The van der Waals surface area contributed by atoms with Gasteiger partial charge >= 0.3 is 31.1 Å². The van der Waals surface area contributed by atoms with Crippen molar-refractivity contribution in [3.63, 3.8) is 0 Å². The maximum absolute atomic E-state index is 16.0. The minimum atomic E-state index is -5.23. The number of fused-ring (bicyclic) bond motifs is 2. The van der Waals surface area contributed by atoms with Crippen molar-refractivity contribution in [1.29, 1.82) is 0 Å². The van der Waals surface area contributed by atoms with Crippen LogP contribution in [0.2, 0.25) is 0 Å². The molecule has 2 aliphatic heterocycles. The standard InChI is InChI=1S/C50H55F10N9O8/c1-47(2,49(55,56)57)40(64-45(73)75-5)42(71)63-37(17-28-10-7-27(8-11-28)9-12-29-13-16-39(61-20-29)67-23-32-14-15-33(24-67)77-32)38(70)26-68(66-43(72)41(65-46(74)76-6)48(3,4)50(58,59)60)25-34-35(51)18-30(19-36(34)52)31-21-62-69(22-31)44(53)54/h7-8,10-11,13,16,18-22,32-33,37-38,40-41,44,70H,14-15,17,23-26H2,1-6H3,(H,63,71)(H,64,73)(H,65,74)(H,66,72)/t32?,33?,37-,38-,40+,41+/m0/s1. The molecule has 6 atom stereocenters. The molecule has 77 heavy (non-hydrogen) atoms. The predicted octanol–water partition coefficient (Wildman–Crippen LogP) is 6.93. The zero-order chi connectivity index (χ0) is 56.8. The number of aliphatic hydroxyl groups is 1. The van der Waals surface area contributed by atoms with Gasteiger partial charge in [-0.25, -0.2) is 33.0 Å². The number of alkyl carbamates (subject to hydrolysis) is 2. The Morgan fingerprint density at radius 3 is 1.81 bits per heavy atom. The molecule has 2 bridgehead atoms. The van der Waals surface area contributed by atoms with Crippen LogP contribution < -0.4 is 26.3 Å². The Kier molecular flexibility index (Phi) is 18.4. The van der Waals surface area contributed by atoms with E-state index in [1.807, 2.05) is 16.8 Å². The summed E-state index contributed by atoms with van der Waals surface area (Å²) in [6, 6.07) is 4.23. The third-order valence-electron chi connectivity index (χ3n) is 13.3. The van der Waals surface area contributed by atoms with Gasteiger partial charge in [-0.05, 0) is 94.5 Å². The first-order valence-electron chi connectivity index (χ1n) is 23.7. The van der Waals surface area contributed by atoms with Crippen LogP contribution in [0.4, 0.5) is 59.3 Å². The number of nitrogens with one attached hydrogen (secondary N) is 4. The Labute approximate surface area is 434 Å². The fourth-order valence-electron chi connectivity index (χ4n) is 8.38. The molecule has 4 heterocycles. The number of amides is 4. The number of benzene rings is 2. The van der Waals surface area contributed by atoms with E-state index in [4.69, 9.17) is 4.74 Å². The molecule has 2 saturated heterocycles. The number of hydrazine groups is 1. The molecule has 4 amide bonds. The van der Waals surface area contributed by atoms with Gasteiger partial charge in [0.1, 0.15) is 29.5 Å². The van der Waals surface area contributed by atoms with Crippen molar-refractivity contribution in [2.75, 3.05) is 38.8 Å². The lowest BCUT2D eigenvalue weighted by Gasteiger charge is -2.38. The van der Waals surface area contributed by atoms with Gasteiger partial charge in [0.05, 0.1) is 55.6 Å². The number of methoxy groups -OCH3 is 2. The second kappa shape index (κ2) is 24.0. The van der Waals surface area contributed by atoms with Gasteiger partial charge in [-0.1, -0.05) is 24.0 Å². The van der Waals surface area contributed by atoms with Crippen molar-refractivity contribution in [1.82, 2.24) is 41.1 Å². The largest absolute Gasteiger partial charge is 0.453 e. The number of halogens is 10. The highest BCUT2D eigenvalue weighted by Crippen LogP contribution is 2.42. The molecule has 2 aromatic heterocycles. The summed E-state index contributed by atoms with van der Waals surface area (Å²) in [7, 11) is 1.60. The Morgan fingerprint density at radius 1 is 0.779 bits per heavy atom. The summed E-state index contributed by atoms with van der Waals surface area (Å²) in [6.45, 7) is -1.70. The first-order chi connectivity index (χ1) is 36.0. The van der Waals surface area contributed by atoms with Crippen molar-refractivity contribution >= 4 is 29.8 Å². The molecule has 2 fully saturated rings. The minimum Gasteiger partial charge on any atom is -0.453 e. The number of carbonyl (C=O) groups is 4. The lowest BCUT2D eigenvalue weighted by Crippen LogP contribution is -2.63. The number of hydrogen-bond acceptors (Lipinski definition) is 12. The van der Waals surface area contributed by atoms with Gasteiger partial charge in [0.15, 0.2) is 0 Å². The number of anilines is 1. The Balaban J connectivity index is 1.34. The van der Waals surface area contributed by atoms with E-state index < -0.39 is 115 Å². The van der Waals surface area contributed by atoms with Gasteiger partial charge in [-0.3, -0.25) is 15.0 Å². The number of nitrogens with zero attached hydrogens (tertiary/aromatic N) is 5. The van der Waals surface area contributed by atoms with E-state index in [0.29, 0.717) is 69.1 Å². The highest BCUT2D eigenvalue weighted by atomic mass is 19.4. The van der Waals surface area contributed by atoms with E-state index in [0.717, 1.165) is 45.3 Å². The maximum Gasteiger partial charge on any atom is 0.407 e. The van der Waals surface area contributed by atoms with Crippen molar-refractivity contribution in [2.24, 2.45) is 10.8 Å². The number of rotatable bonds is 18. The average molecular weight is 1100 g/mol. The van der Waals surface area contributed by atoms with Crippen LogP contribution in [-0.2, 0) is 36.8 Å². The number of carbonyl (C=O) groups excluding carboxylic acids is 4. The summed E-state index contributed by atoms with van der Waals surface area (Å²) in [5.74, 6) is 0.687. The van der Waals surface area contributed by atoms with E-state index in [1.54, 1.807) is 17.6 Å². The highest BCUT2D eigenvalue weighted by molar-refractivity contribution is 5.87. The van der Waals surface area contributed by atoms with Crippen molar-refractivity contribution in [3.8, 4) is 23.0 Å². The van der Waals surface area contributed by atoms with Crippen LogP contribution in [0.25, 0.3) is 11.1 Å². The molecule has 2 aromatic carbocycles. The van der Waals surface area contributed by atoms with Gasteiger partial charge in [0.2, 0.25) is 5.91 Å². The van der Waals surface area contributed by atoms with Crippen LogP contribution in [0.15, 0.2) is 67.1 Å². The Morgan fingerprint density at radius 2 is 1.31 bits per heavy atom. The number of aromatic nitrogens is 3. The second-order valence-corrected chi connectivity index (χ2v) is 19.4. The molecular weight excluding hydrogens is 1040 g/mol. The zero-order valence-electron chi connectivity index (χ0n) is 42.2. The Bertz CT molecular complexity index is 2770. The monoisotopic (exact) mass is 1100 g/mol. The topological polar surface area (TPSA) is 202 Å². The van der Waals surface area contributed by atoms with Crippen LogP contribution in [-0.4, -0.2) is 132 Å². The summed E-state index contributed by atoms with van der Waals surface area (Å²) in [6.07, 6.45) is -10.5. The predicted molar refractivity (Wildman–Crippen MR) is 254 cm³/mol. The summed E-state index contributed by atoms with van der Waals surface area (Å²) in [5, 5.41) is 21.9. The van der Waals surface area contributed by atoms with Crippen LogP contribution >= 0.6 is 0 Å². The smallest absolute Gasteiger partial charge is 0.407 e. The molecular formula is C50H55F10N9O8. The third kappa shape index (κ3) is 14.5. The van der Waals surface area contributed by atoms with Crippen LogP contribution in [0.3, 0.4) is 0 Å². The molecule has 4 aromatic rings. The molecule has 0 spiro atoms. The lowest BCUT2D eigenvalue weighted by atomic mass is 9.82. The van der Waals surface area contributed by atoms with E-state index in [9.17, 15) is 59.4 Å². The van der Waals surface area contributed by atoms with Crippen LogP contribution in [0.5, 0.6) is 0 Å². The molecule has 27 heteroatoms. The van der Waals surface area contributed by atoms with Crippen molar-refractivity contribution < 1.29 is 82.4 Å². The molecule has 2 aliphatic rings. The summed E-state index contributed by atoms with van der Waals surface area (Å²) in [5.41, 5.74) is -4.25. The number of ether oxygens (including phenoxy) is 3. The van der Waals surface area contributed by atoms with Gasteiger partial charge < -0.3 is 40.2 Å².